The highest BCUT2D eigenvalue weighted by Gasteiger charge is 2.26. The number of amides is 2. The zero-order chi connectivity index (χ0) is 14.7. The fourth-order valence-electron chi connectivity index (χ4n) is 2.42. The molecule has 1 aromatic rings. The highest BCUT2D eigenvalue weighted by atomic mass is 16.2. The summed E-state index contributed by atoms with van der Waals surface area (Å²) in [5, 5.41) is 0. The molecule has 1 saturated heterocycles. The second-order valence-electron chi connectivity index (χ2n) is 5.32. The van der Waals surface area contributed by atoms with Gasteiger partial charge in [-0.25, -0.2) is 0 Å². The van der Waals surface area contributed by atoms with Crippen LogP contribution in [-0.4, -0.2) is 48.3 Å². The van der Waals surface area contributed by atoms with E-state index in [1.807, 2.05) is 25.1 Å². The summed E-state index contributed by atoms with van der Waals surface area (Å²) in [5.74, 6) is -0.301. The lowest BCUT2D eigenvalue weighted by Gasteiger charge is -2.23. The number of carbonyl (C=O) groups excluding carboxylic acids is 2. The van der Waals surface area contributed by atoms with Crippen molar-refractivity contribution in [3.63, 3.8) is 0 Å². The van der Waals surface area contributed by atoms with E-state index < -0.39 is 0 Å². The lowest BCUT2D eigenvalue weighted by Crippen LogP contribution is -2.39. The molecule has 2 rings (SSSR count). The van der Waals surface area contributed by atoms with E-state index in [-0.39, 0.29) is 24.3 Å². The highest BCUT2D eigenvalue weighted by molar-refractivity contribution is 5.88. The minimum absolute atomic E-state index is 0.00405. The van der Waals surface area contributed by atoms with Crippen molar-refractivity contribution in [2.45, 2.75) is 19.3 Å². The topological polar surface area (TPSA) is 66.6 Å². The Morgan fingerprint density at radius 2 is 2.10 bits per heavy atom. The number of hydrogen-bond donors (Lipinski definition) is 1. The number of anilines is 1. The predicted molar refractivity (Wildman–Crippen MR) is 78.1 cm³/mol. The molecule has 1 aromatic carbocycles. The Hall–Kier alpha value is -2.04. The first-order valence-electron chi connectivity index (χ1n) is 6.87. The van der Waals surface area contributed by atoms with Gasteiger partial charge in [0.25, 0.3) is 0 Å². The summed E-state index contributed by atoms with van der Waals surface area (Å²) >= 11 is 0. The summed E-state index contributed by atoms with van der Waals surface area (Å²) in [6.45, 7) is 3.36. The van der Waals surface area contributed by atoms with Gasteiger partial charge < -0.3 is 15.5 Å². The van der Waals surface area contributed by atoms with Crippen molar-refractivity contribution in [2.75, 3.05) is 32.4 Å². The molecular formula is C15H21N3O2. The van der Waals surface area contributed by atoms with Crippen molar-refractivity contribution in [1.82, 2.24) is 9.80 Å². The molecule has 0 aromatic heterocycles. The molecule has 1 unspecified atom stereocenters. The van der Waals surface area contributed by atoms with Crippen LogP contribution in [0, 0.1) is 0 Å². The quantitative estimate of drug-likeness (QED) is 0.821. The summed E-state index contributed by atoms with van der Waals surface area (Å²) in [4.78, 5) is 27.7. The first kappa shape index (κ1) is 14.4. The van der Waals surface area contributed by atoms with Gasteiger partial charge in [-0.15, -0.1) is 0 Å². The molecule has 0 radical (unpaired) electrons. The third-order valence-electron chi connectivity index (χ3n) is 3.77. The van der Waals surface area contributed by atoms with Gasteiger partial charge in [0.2, 0.25) is 11.8 Å². The number of benzene rings is 1. The van der Waals surface area contributed by atoms with Crippen molar-refractivity contribution in [3.8, 4) is 0 Å². The van der Waals surface area contributed by atoms with Crippen LogP contribution >= 0.6 is 0 Å². The highest BCUT2D eigenvalue weighted by Crippen LogP contribution is 2.21. The molecule has 0 saturated carbocycles. The van der Waals surface area contributed by atoms with Gasteiger partial charge in [0, 0.05) is 25.8 Å². The smallest absolute Gasteiger partial charge is 0.241 e. The average Bonchev–Trinajstić information content (AvgIpc) is 2.59. The number of nitrogen functional groups attached to an aromatic ring is 1. The van der Waals surface area contributed by atoms with Crippen LogP contribution in [0.15, 0.2) is 24.3 Å². The Morgan fingerprint density at radius 1 is 1.35 bits per heavy atom. The maximum Gasteiger partial charge on any atom is 0.241 e. The van der Waals surface area contributed by atoms with Crippen LogP contribution in [0.3, 0.4) is 0 Å². The van der Waals surface area contributed by atoms with Crippen LogP contribution < -0.4 is 5.73 Å². The van der Waals surface area contributed by atoms with Gasteiger partial charge in [-0.05, 0) is 31.0 Å². The number of nitrogens with two attached hydrogens (primary N) is 1. The van der Waals surface area contributed by atoms with Crippen molar-refractivity contribution in [1.29, 1.82) is 0 Å². The van der Waals surface area contributed by atoms with Gasteiger partial charge in [0.1, 0.15) is 0 Å². The number of nitrogens with zero attached hydrogens (tertiary/aromatic N) is 2. The first-order chi connectivity index (χ1) is 9.49. The summed E-state index contributed by atoms with van der Waals surface area (Å²) in [6.07, 6.45) is 0.817. The van der Waals surface area contributed by atoms with Crippen LogP contribution in [0.1, 0.15) is 24.8 Å². The van der Waals surface area contributed by atoms with E-state index in [1.165, 1.54) is 0 Å². The van der Waals surface area contributed by atoms with E-state index in [2.05, 4.69) is 0 Å². The van der Waals surface area contributed by atoms with Crippen molar-refractivity contribution in [2.24, 2.45) is 0 Å². The normalized spacial score (nSPS) is 17.8. The van der Waals surface area contributed by atoms with Crippen molar-refractivity contribution < 1.29 is 9.59 Å². The van der Waals surface area contributed by atoms with Crippen LogP contribution in [-0.2, 0) is 9.59 Å². The van der Waals surface area contributed by atoms with Crippen molar-refractivity contribution >= 4 is 17.5 Å². The lowest BCUT2D eigenvalue weighted by molar-refractivity contribution is -0.138. The second-order valence-corrected chi connectivity index (χ2v) is 5.32. The zero-order valence-electron chi connectivity index (χ0n) is 12.0. The second kappa shape index (κ2) is 5.94. The molecule has 0 aliphatic carbocycles. The Balaban J connectivity index is 2.12. The predicted octanol–water partition coefficient (Wildman–Crippen LogP) is 1.06. The number of carbonyl (C=O) groups is 2. The monoisotopic (exact) mass is 275 g/mol. The summed E-state index contributed by atoms with van der Waals surface area (Å²) < 4.78 is 0. The molecule has 2 N–H and O–H groups in total. The van der Waals surface area contributed by atoms with E-state index in [9.17, 15) is 9.59 Å². The third-order valence-corrected chi connectivity index (χ3v) is 3.77. The standard InChI is InChI=1S/C15H21N3O2/c1-11(12-5-3-6-13(16)9-12)15(20)18-8-4-7-17(2)14(19)10-18/h3,5-6,9,11H,4,7-8,10,16H2,1-2H3. The molecule has 2 amide bonds. The SMILES string of the molecule is CC(C(=O)N1CCCN(C)C(=O)C1)c1cccc(N)c1. The van der Waals surface area contributed by atoms with Crippen LogP contribution in [0.2, 0.25) is 0 Å². The molecular weight excluding hydrogens is 254 g/mol. The van der Waals surface area contributed by atoms with Gasteiger partial charge >= 0.3 is 0 Å². The van der Waals surface area contributed by atoms with Crippen LogP contribution in [0.5, 0.6) is 0 Å². The zero-order valence-corrected chi connectivity index (χ0v) is 12.0. The Labute approximate surface area is 119 Å². The van der Waals surface area contributed by atoms with Gasteiger partial charge in [0.05, 0.1) is 12.5 Å². The third kappa shape index (κ3) is 3.10. The molecule has 1 aliphatic heterocycles. The Kier molecular flexibility index (Phi) is 4.27. The minimum Gasteiger partial charge on any atom is -0.399 e. The van der Waals surface area contributed by atoms with Gasteiger partial charge in [-0.1, -0.05) is 12.1 Å². The molecule has 1 atom stereocenters. The maximum atomic E-state index is 12.5. The molecule has 20 heavy (non-hydrogen) atoms. The van der Waals surface area contributed by atoms with Gasteiger partial charge in [-0.3, -0.25) is 9.59 Å². The Morgan fingerprint density at radius 3 is 2.80 bits per heavy atom. The van der Waals surface area contributed by atoms with E-state index >= 15 is 0 Å². The molecule has 0 spiro atoms. The van der Waals surface area contributed by atoms with Gasteiger partial charge in [-0.2, -0.15) is 0 Å². The molecule has 5 heteroatoms. The molecule has 1 fully saturated rings. The average molecular weight is 275 g/mol. The fourth-order valence-corrected chi connectivity index (χ4v) is 2.42. The number of hydrogen-bond acceptors (Lipinski definition) is 3. The molecule has 5 nitrogen and oxygen atoms in total. The number of likely N-dealkylation sites (N-methyl/N-ethyl adjacent to an activating group) is 1. The largest absolute Gasteiger partial charge is 0.399 e. The van der Waals surface area contributed by atoms with Crippen LogP contribution in [0.25, 0.3) is 0 Å². The van der Waals surface area contributed by atoms with Crippen LogP contribution in [0.4, 0.5) is 5.69 Å². The number of rotatable bonds is 2. The van der Waals surface area contributed by atoms with E-state index in [0.29, 0.717) is 18.8 Å². The summed E-state index contributed by atoms with van der Waals surface area (Å²) in [5.41, 5.74) is 7.29. The van der Waals surface area contributed by atoms with E-state index in [4.69, 9.17) is 5.73 Å². The fraction of sp³-hybridized carbons (Fsp3) is 0.467. The molecule has 1 heterocycles. The summed E-state index contributed by atoms with van der Waals surface area (Å²) in [6, 6.07) is 7.35. The summed E-state index contributed by atoms with van der Waals surface area (Å²) in [7, 11) is 1.78. The minimum atomic E-state index is -0.283. The maximum absolute atomic E-state index is 12.5. The Bertz CT molecular complexity index is 516. The molecule has 1 aliphatic rings. The van der Waals surface area contributed by atoms with E-state index in [1.54, 1.807) is 22.9 Å². The molecule has 108 valence electrons. The molecule has 0 bridgehead atoms. The van der Waals surface area contributed by atoms with Gasteiger partial charge in [0.15, 0.2) is 0 Å². The first-order valence-corrected chi connectivity index (χ1v) is 6.87. The van der Waals surface area contributed by atoms with Crippen molar-refractivity contribution in [3.05, 3.63) is 29.8 Å². The van der Waals surface area contributed by atoms with E-state index in [0.717, 1.165) is 12.0 Å². The lowest BCUT2D eigenvalue weighted by atomic mass is 9.99.